The maximum Gasteiger partial charge on any atom is 0.315 e. The number of ketones is 1. The second-order valence-corrected chi connectivity index (χ2v) is 9.73. The van der Waals surface area contributed by atoms with Crippen molar-refractivity contribution < 1.29 is 24.0 Å². The molecule has 1 aliphatic rings. The summed E-state index contributed by atoms with van der Waals surface area (Å²) in [6.45, 7) is 6.90. The van der Waals surface area contributed by atoms with Crippen LogP contribution < -0.4 is 21.3 Å². The van der Waals surface area contributed by atoms with E-state index in [4.69, 9.17) is 0 Å². The minimum atomic E-state index is -1.14. The average Bonchev–Trinajstić information content (AvgIpc) is 3.13. The van der Waals surface area contributed by atoms with E-state index in [1.807, 2.05) is 55.5 Å². The first-order chi connectivity index (χ1) is 17.6. The SMILES string of the molecule is CC(NC(=O)NC(CC(=O)N[C@H](C(=O)C1C(=O)NC(=O)[C@H]1C)C(C)C)c1ccccc1)c1ccccc1. The summed E-state index contributed by atoms with van der Waals surface area (Å²) >= 11 is 0. The highest BCUT2D eigenvalue weighted by Crippen LogP contribution is 2.24. The second-order valence-electron chi connectivity index (χ2n) is 9.73. The topological polar surface area (TPSA) is 133 Å². The van der Waals surface area contributed by atoms with Gasteiger partial charge in [-0.1, -0.05) is 81.4 Å². The summed E-state index contributed by atoms with van der Waals surface area (Å²) in [5, 5.41) is 10.7. The number of rotatable bonds is 10. The van der Waals surface area contributed by atoms with E-state index < -0.39 is 53.5 Å². The van der Waals surface area contributed by atoms with Crippen molar-refractivity contribution in [2.75, 3.05) is 0 Å². The van der Waals surface area contributed by atoms with Gasteiger partial charge in [0.15, 0.2) is 5.78 Å². The van der Waals surface area contributed by atoms with Crippen LogP contribution in [0.5, 0.6) is 0 Å². The number of hydrogen-bond acceptors (Lipinski definition) is 5. The number of carbonyl (C=O) groups excluding carboxylic acids is 5. The lowest BCUT2D eigenvalue weighted by Crippen LogP contribution is -2.50. The highest BCUT2D eigenvalue weighted by atomic mass is 16.2. The molecule has 0 radical (unpaired) electrons. The van der Waals surface area contributed by atoms with Gasteiger partial charge in [0.05, 0.1) is 30.5 Å². The third kappa shape index (κ3) is 7.03. The maximum atomic E-state index is 13.2. The number of Topliss-reactive ketones (excluding diaryl/α,β-unsaturated/α-hetero) is 1. The molecule has 0 saturated carbocycles. The normalized spacial score (nSPS) is 19.5. The van der Waals surface area contributed by atoms with Crippen LogP contribution in [-0.2, 0) is 19.2 Å². The van der Waals surface area contributed by atoms with Gasteiger partial charge in [-0.05, 0) is 24.0 Å². The second kappa shape index (κ2) is 12.3. The number of hydrogen-bond donors (Lipinski definition) is 4. The lowest BCUT2D eigenvalue weighted by molar-refractivity contribution is -0.137. The van der Waals surface area contributed by atoms with Gasteiger partial charge in [0.1, 0.15) is 5.92 Å². The first-order valence-corrected chi connectivity index (χ1v) is 12.4. The van der Waals surface area contributed by atoms with Crippen molar-refractivity contribution in [2.45, 2.75) is 52.2 Å². The molecule has 0 spiro atoms. The van der Waals surface area contributed by atoms with Gasteiger partial charge in [-0.25, -0.2) is 4.79 Å². The highest BCUT2D eigenvalue weighted by Gasteiger charge is 2.46. The summed E-state index contributed by atoms with van der Waals surface area (Å²) in [5.74, 6) is -4.37. The predicted octanol–water partition coefficient (Wildman–Crippen LogP) is 2.80. The van der Waals surface area contributed by atoms with Crippen LogP contribution in [0.25, 0.3) is 0 Å². The van der Waals surface area contributed by atoms with Crippen LogP contribution in [0, 0.1) is 17.8 Å². The van der Waals surface area contributed by atoms with Gasteiger partial charge >= 0.3 is 6.03 Å². The molecule has 5 amide bonds. The van der Waals surface area contributed by atoms with Crippen molar-refractivity contribution in [2.24, 2.45) is 17.8 Å². The Labute approximate surface area is 216 Å². The number of urea groups is 1. The number of imide groups is 1. The molecule has 0 aliphatic carbocycles. The Kier molecular flexibility index (Phi) is 9.16. The van der Waals surface area contributed by atoms with Gasteiger partial charge in [0.25, 0.3) is 0 Å². The standard InChI is InChI=1S/C28H34N4O5/c1-16(2)24(25(34)23-17(3)26(35)32-27(23)36)31-22(33)15-21(20-13-9-6-10-14-20)30-28(37)29-18(4)19-11-7-5-8-12-19/h5-14,16-18,21,23-24H,15H2,1-4H3,(H,31,33)(H2,29,30,37)(H,32,35,36)/t17-,18?,21?,23?,24-/m0/s1. The molecule has 2 aromatic carbocycles. The molecular formula is C28H34N4O5. The fourth-order valence-electron chi connectivity index (χ4n) is 4.40. The van der Waals surface area contributed by atoms with Crippen LogP contribution >= 0.6 is 0 Å². The molecule has 2 aromatic rings. The largest absolute Gasteiger partial charge is 0.346 e. The third-order valence-electron chi connectivity index (χ3n) is 6.58. The molecule has 4 N–H and O–H groups in total. The summed E-state index contributed by atoms with van der Waals surface area (Å²) < 4.78 is 0. The molecule has 3 rings (SSSR count). The quantitative estimate of drug-likeness (QED) is 0.290. The van der Waals surface area contributed by atoms with Crippen LogP contribution in [0.15, 0.2) is 60.7 Å². The Morgan fingerprint density at radius 1 is 0.811 bits per heavy atom. The van der Waals surface area contributed by atoms with Crippen molar-refractivity contribution in [3.05, 3.63) is 71.8 Å². The van der Waals surface area contributed by atoms with Gasteiger partial charge in [0.2, 0.25) is 17.7 Å². The first-order valence-electron chi connectivity index (χ1n) is 12.4. The zero-order valence-corrected chi connectivity index (χ0v) is 21.5. The zero-order valence-electron chi connectivity index (χ0n) is 21.5. The van der Waals surface area contributed by atoms with Gasteiger partial charge in [-0.15, -0.1) is 0 Å². The molecule has 1 saturated heterocycles. The number of benzene rings is 2. The molecule has 9 nitrogen and oxygen atoms in total. The molecule has 0 bridgehead atoms. The van der Waals surface area contributed by atoms with Crippen molar-refractivity contribution in [3.8, 4) is 0 Å². The number of amides is 5. The maximum absolute atomic E-state index is 13.2. The van der Waals surface area contributed by atoms with Gasteiger partial charge in [0, 0.05) is 0 Å². The number of carbonyl (C=O) groups is 5. The minimum absolute atomic E-state index is 0.126. The molecule has 5 atom stereocenters. The van der Waals surface area contributed by atoms with Crippen LogP contribution in [0.2, 0.25) is 0 Å². The Balaban J connectivity index is 1.71. The van der Waals surface area contributed by atoms with E-state index in [1.54, 1.807) is 26.0 Å². The Hall–Kier alpha value is -4.01. The summed E-state index contributed by atoms with van der Waals surface area (Å²) in [6, 6.07) is 16.2. The van der Waals surface area contributed by atoms with Crippen LogP contribution in [-0.4, -0.2) is 35.6 Å². The summed E-state index contributed by atoms with van der Waals surface area (Å²) in [5.41, 5.74) is 1.66. The van der Waals surface area contributed by atoms with E-state index in [0.29, 0.717) is 0 Å². The highest BCUT2D eigenvalue weighted by molar-refractivity contribution is 6.16. The predicted molar refractivity (Wildman–Crippen MR) is 138 cm³/mol. The van der Waals surface area contributed by atoms with Gasteiger partial charge < -0.3 is 16.0 Å². The van der Waals surface area contributed by atoms with E-state index in [1.165, 1.54) is 6.92 Å². The van der Waals surface area contributed by atoms with Crippen molar-refractivity contribution >= 4 is 29.5 Å². The molecule has 196 valence electrons. The van der Waals surface area contributed by atoms with Gasteiger partial charge in [-0.3, -0.25) is 24.5 Å². The molecule has 1 aliphatic heterocycles. The Morgan fingerprint density at radius 2 is 1.38 bits per heavy atom. The van der Waals surface area contributed by atoms with Crippen molar-refractivity contribution in [3.63, 3.8) is 0 Å². The van der Waals surface area contributed by atoms with Crippen molar-refractivity contribution in [1.29, 1.82) is 0 Å². The smallest absolute Gasteiger partial charge is 0.315 e. The van der Waals surface area contributed by atoms with E-state index in [0.717, 1.165) is 11.1 Å². The first kappa shape index (κ1) is 27.6. The van der Waals surface area contributed by atoms with E-state index in [2.05, 4.69) is 21.3 Å². The van der Waals surface area contributed by atoms with E-state index >= 15 is 0 Å². The zero-order chi connectivity index (χ0) is 27.1. The lowest BCUT2D eigenvalue weighted by Gasteiger charge is -2.26. The average molecular weight is 507 g/mol. The number of nitrogens with one attached hydrogen (secondary N) is 4. The molecule has 0 aromatic heterocycles. The minimum Gasteiger partial charge on any atom is -0.346 e. The molecule has 9 heteroatoms. The summed E-state index contributed by atoms with van der Waals surface area (Å²) in [4.78, 5) is 63.2. The Morgan fingerprint density at radius 3 is 1.89 bits per heavy atom. The molecule has 1 heterocycles. The van der Waals surface area contributed by atoms with Crippen LogP contribution in [0.4, 0.5) is 4.79 Å². The Bertz CT molecular complexity index is 1140. The van der Waals surface area contributed by atoms with Crippen molar-refractivity contribution in [1.82, 2.24) is 21.3 Å². The lowest BCUT2D eigenvalue weighted by atomic mass is 9.85. The van der Waals surface area contributed by atoms with E-state index in [9.17, 15) is 24.0 Å². The molecule has 37 heavy (non-hydrogen) atoms. The molecule has 1 fully saturated rings. The molecular weight excluding hydrogens is 472 g/mol. The van der Waals surface area contributed by atoms with Gasteiger partial charge in [-0.2, -0.15) is 0 Å². The van der Waals surface area contributed by atoms with Crippen LogP contribution in [0.3, 0.4) is 0 Å². The summed E-state index contributed by atoms with van der Waals surface area (Å²) in [6.07, 6.45) is -0.126. The van der Waals surface area contributed by atoms with E-state index in [-0.39, 0.29) is 18.4 Å². The van der Waals surface area contributed by atoms with Crippen LogP contribution in [0.1, 0.15) is 57.3 Å². The third-order valence-corrected chi connectivity index (χ3v) is 6.58. The molecule has 3 unspecified atom stereocenters. The monoisotopic (exact) mass is 506 g/mol. The summed E-state index contributed by atoms with van der Waals surface area (Å²) in [7, 11) is 0. The fourth-order valence-corrected chi connectivity index (χ4v) is 4.40. The fraction of sp³-hybridized carbons (Fsp3) is 0.393.